The van der Waals surface area contributed by atoms with Crippen LogP contribution < -0.4 is 4.18 Å². The van der Waals surface area contributed by atoms with E-state index in [-0.39, 0.29) is 16.3 Å². The molecule has 138 valence electrons. The monoisotopic (exact) mass is 385 g/mol. The molecule has 7 heteroatoms. The van der Waals surface area contributed by atoms with Crippen LogP contribution in [0.4, 0.5) is 10.1 Å². The first-order valence-electron chi connectivity index (χ1n) is 8.01. The van der Waals surface area contributed by atoms with Gasteiger partial charge in [-0.1, -0.05) is 17.7 Å². The number of halogens is 1. The van der Waals surface area contributed by atoms with E-state index in [9.17, 15) is 18.0 Å². The van der Waals surface area contributed by atoms with Crippen molar-refractivity contribution in [1.82, 2.24) is 0 Å². The molecular weight excluding hydrogens is 369 g/mol. The number of rotatable bonds is 5. The third kappa shape index (κ3) is 4.71. The van der Waals surface area contributed by atoms with Gasteiger partial charge in [-0.2, -0.15) is 13.2 Å². The van der Waals surface area contributed by atoms with Gasteiger partial charge in [0.05, 0.1) is 0 Å². The van der Waals surface area contributed by atoms with E-state index in [1.807, 2.05) is 6.92 Å². The summed E-state index contributed by atoms with van der Waals surface area (Å²) < 4.78 is 43.1. The van der Waals surface area contributed by atoms with Crippen molar-refractivity contribution in [2.24, 2.45) is 0 Å². The summed E-state index contributed by atoms with van der Waals surface area (Å²) in [6.07, 6.45) is 1.30. The molecule has 3 aromatic carbocycles. The topological polar surface area (TPSA) is 69.4 Å². The summed E-state index contributed by atoms with van der Waals surface area (Å²) >= 11 is 0. The molecule has 5 nitrogen and oxygen atoms in total. The SMILES string of the molecule is Cc1ccc(S(=O)(=O)Oc2ccc(C=[N+]([O-])c3ccc(F)cc3)cc2)cc1. The van der Waals surface area contributed by atoms with Crippen LogP contribution in [0.2, 0.25) is 0 Å². The van der Waals surface area contributed by atoms with Gasteiger partial charge in [0.25, 0.3) is 0 Å². The van der Waals surface area contributed by atoms with Crippen molar-refractivity contribution in [1.29, 1.82) is 0 Å². The maximum atomic E-state index is 12.9. The molecule has 27 heavy (non-hydrogen) atoms. The van der Waals surface area contributed by atoms with Crippen molar-refractivity contribution >= 4 is 22.0 Å². The molecule has 0 bridgehead atoms. The molecule has 0 radical (unpaired) electrons. The molecule has 0 N–H and O–H groups in total. The number of hydrogen-bond acceptors (Lipinski definition) is 4. The van der Waals surface area contributed by atoms with Crippen molar-refractivity contribution in [2.75, 3.05) is 0 Å². The van der Waals surface area contributed by atoms with Crippen LogP contribution in [-0.2, 0) is 10.1 Å². The molecule has 0 aliphatic heterocycles. The van der Waals surface area contributed by atoms with E-state index in [0.717, 1.165) is 5.56 Å². The second-order valence-electron chi connectivity index (χ2n) is 5.85. The Hall–Kier alpha value is -3.19. The Morgan fingerprint density at radius 3 is 2.11 bits per heavy atom. The Balaban J connectivity index is 1.76. The third-order valence-electron chi connectivity index (χ3n) is 3.74. The molecule has 0 saturated heterocycles. The minimum Gasteiger partial charge on any atom is -0.618 e. The molecule has 0 fully saturated rings. The Morgan fingerprint density at radius 1 is 0.926 bits per heavy atom. The van der Waals surface area contributed by atoms with Crippen LogP contribution in [-0.4, -0.2) is 19.4 Å². The van der Waals surface area contributed by atoms with Gasteiger partial charge in [-0.25, -0.2) is 4.39 Å². The molecule has 0 aliphatic carbocycles. The van der Waals surface area contributed by atoms with Gasteiger partial charge in [0.2, 0.25) is 5.69 Å². The summed E-state index contributed by atoms with van der Waals surface area (Å²) in [5, 5.41) is 12.1. The van der Waals surface area contributed by atoms with Crippen LogP contribution in [0.3, 0.4) is 0 Å². The zero-order valence-electron chi connectivity index (χ0n) is 14.4. The number of benzene rings is 3. The van der Waals surface area contributed by atoms with E-state index in [1.54, 1.807) is 24.3 Å². The Morgan fingerprint density at radius 2 is 1.52 bits per heavy atom. The zero-order valence-corrected chi connectivity index (χ0v) is 15.2. The van der Waals surface area contributed by atoms with Crippen molar-refractivity contribution in [3.8, 4) is 5.75 Å². The predicted octanol–water partition coefficient (Wildman–Crippen LogP) is 4.16. The quantitative estimate of drug-likeness (QED) is 0.217. The number of hydrogen-bond donors (Lipinski definition) is 0. The average Bonchev–Trinajstić information content (AvgIpc) is 2.64. The fourth-order valence-electron chi connectivity index (χ4n) is 2.29. The minimum atomic E-state index is -3.93. The fourth-order valence-corrected chi connectivity index (χ4v) is 3.22. The first-order chi connectivity index (χ1) is 12.8. The van der Waals surface area contributed by atoms with E-state index in [4.69, 9.17) is 4.18 Å². The van der Waals surface area contributed by atoms with E-state index >= 15 is 0 Å². The van der Waals surface area contributed by atoms with Gasteiger partial charge >= 0.3 is 10.1 Å². The molecule has 3 rings (SSSR count). The highest BCUT2D eigenvalue weighted by atomic mass is 32.2. The highest BCUT2D eigenvalue weighted by Gasteiger charge is 2.16. The highest BCUT2D eigenvalue weighted by Crippen LogP contribution is 2.19. The lowest BCUT2D eigenvalue weighted by molar-refractivity contribution is -0.354. The van der Waals surface area contributed by atoms with E-state index in [2.05, 4.69) is 0 Å². The van der Waals surface area contributed by atoms with E-state index in [1.165, 1.54) is 54.7 Å². The number of aryl methyl sites for hydroxylation is 1. The third-order valence-corrected chi connectivity index (χ3v) is 5.00. The van der Waals surface area contributed by atoms with Crippen LogP contribution in [0.5, 0.6) is 5.75 Å². The summed E-state index contributed by atoms with van der Waals surface area (Å²) in [6.45, 7) is 1.86. The van der Waals surface area contributed by atoms with Crippen molar-refractivity contribution in [3.05, 3.63) is 94.9 Å². The minimum absolute atomic E-state index is 0.0609. The molecule has 0 unspecified atom stereocenters. The standard InChI is InChI=1S/C20H16FNO4S/c1-15-2-12-20(13-3-15)27(24,25)26-19-10-4-16(5-11-19)14-22(23)18-8-6-17(21)7-9-18/h2-14H,1H3. The van der Waals surface area contributed by atoms with Crippen LogP contribution in [0.25, 0.3) is 0 Å². The van der Waals surface area contributed by atoms with Crippen molar-refractivity contribution < 1.29 is 21.7 Å². The lowest BCUT2D eigenvalue weighted by Gasteiger charge is -2.07. The predicted molar refractivity (Wildman–Crippen MR) is 100 cm³/mol. The lowest BCUT2D eigenvalue weighted by atomic mass is 10.2. The van der Waals surface area contributed by atoms with Gasteiger partial charge in [0.1, 0.15) is 16.5 Å². The highest BCUT2D eigenvalue weighted by molar-refractivity contribution is 7.87. The molecular formula is C20H16FNO4S. The maximum absolute atomic E-state index is 12.9. The summed E-state index contributed by atoms with van der Waals surface area (Å²) in [6, 6.07) is 17.5. The summed E-state index contributed by atoms with van der Waals surface area (Å²) in [5.41, 5.74) is 1.75. The summed E-state index contributed by atoms with van der Waals surface area (Å²) in [4.78, 5) is 0.0609. The van der Waals surface area contributed by atoms with Gasteiger partial charge in [0.15, 0.2) is 6.21 Å². The Kier molecular flexibility index (Phi) is 5.23. The van der Waals surface area contributed by atoms with Crippen LogP contribution in [0, 0.1) is 17.9 Å². The normalized spacial score (nSPS) is 12.0. The van der Waals surface area contributed by atoms with Crippen LogP contribution in [0.15, 0.2) is 77.7 Å². The molecule has 0 saturated carbocycles. The van der Waals surface area contributed by atoms with Gasteiger partial charge in [0, 0.05) is 17.7 Å². The molecule has 0 aromatic heterocycles. The fraction of sp³-hybridized carbons (Fsp3) is 0.0500. The van der Waals surface area contributed by atoms with Crippen LogP contribution in [0.1, 0.15) is 11.1 Å². The van der Waals surface area contributed by atoms with Crippen molar-refractivity contribution in [2.45, 2.75) is 11.8 Å². The smallest absolute Gasteiger partial charge is 0.339 e. The van der Waals surface area contributed by atoms with Gasteiger partial charge < -0.3 is 9.39 Å². The molecule has 0 atom stereocenters. The molecule has 0 heterocycles. The first kappa shape index (κ1) is 18.6. The molecule has 0 aliphatic rings. The zero-order chi connectivity index (χ0) is 19.4. The van der Waals surface area contributed by atoms with E-state index < -0.39 is 15.9 Å². The largest absolute Gasteiger partial charge is 0.618 e. The molecule has 3 aromatic rings. The number of nitrogens with zero attached hydrogens (tertiary/aromatic N) is 1. The Labute approximate surface area is 156 Å². The Bertz CT molecular complexity index is 1060. The van der Waals surface area contributed by atoms with Crippen molar-refractivity contribution in [3.63, 3.8) is 0 Å². The second kappa shape index (κ2) is 7.59. The average molecular weight is 385 g/mol. The summed E-state index contributed by atoms with van der Waals surface area (Å²) in [7, 11) is -3.93. The lowest BCUT2D eigenvalue weighted by Crippen LogP contribution is -2.09. The second-order valence-corrected chi connectivity index (χ2v) is 7.40. The first-order valence-corrected chi connectivity index (χ1v) is 9.42. The molecule has 0 spiro atoms. The van der Waals surface area contributed by atoms with E-state index in [0.29, 0.717) is 10.3 Å². The van der Waals surface area contributed by atoms with Gasteiger partial charge in [-0.3, -0.25) is 0 Å². The van der Waals surface area contributed by atoms with Gasteiger partial charge in [-0.15, -0.1) is 0 Å². The summed E-state index contributed by atoms with van der Waals surface area (Å²) in [5.74, 6) is -0.296. The van der Waals surface area contributed by atoms with Gasteiger partial charge in [-0.05, 0) is 55.5 Å². The molecule has 0 amide bonds. The maximum Gasteiger partial charge on any atom is 0.339 e. The van der Waals surface area contributed by atoms with Crippen LogP contribution >= 0.6 is 0 Å².